The average molecular weight is 375 g/mol. The van der Waals surface area contributed by atoms with Crippen LogP contribution in [0.25, 0.3) is 0 Å². The molecule has 0 radical (unpaired) electrons. The van der Waals surface area contributed by atoms with Crippen LogP contribution in [0.1, 0.15) is 23.5 Å². The van der Waals surface area contributed by atoms with Gasteiger partial charge in [-0.1, -0.05) is 60.7 Å². The highest BCUT2D eigenvalue weighted by Crippen LogP contribution is 2.27. The van der Waals surface area contributed by atoms with Gasteiger partial charge in [0, 0.05) is 12.5 Å². The number of carbonyl (C=O) groups is 1. The number of ether oxygens (including phenoxy) is 2. The van der Waals surface area contributed by atoms with Crippen LogP contribution in [-0.4, -0.2) is 26.2 Å². The molecule has 0 spiro atoms. The van der Waals surface area contributed by atoms with Gasteiger partial charge in [0.2, 0.25) is 0 Å². The number of benzene rings is 3. The summed E-state index contributed by atoms with van der Waals surface area (Å²) in [4.78, 5) is 12.1. The standard InChI is InChI=1S/C24H25NO3/c1-27-21-12-14-22(15-13-21)28-18-24(26)25-17-16-23(19-8-4-2-5-9-19)20-10-6-3-7-11-20/h2-15,23H,16-18H2,1H3,(H,25,26). The van der Waals surface area contributed by atoms with Crippen molar-refractivity contribution in [2.24, 2.45) is 0 Å². The first-order chi connectivity index (χ1) is 13.8. The topological polar surface area (TPSA) is 47.6 Å². The van der Waals surface area contributed by atoms with Crippen molar-refractivity contribution in [3.63, 3.8) is 0 Å². The van der Waals surface area contributed by atoms with E-state index >= 15 is 0 Å². The second-order valence-corrected chi connectivity index (χ2v) is 6.48. The predicted octanol–water partition coefficient (Wildman–Crippen LogP) is 4.41. The molecule has 3 aromatic rings. The van der Waals surface area contributed by atoms with E-state index in [1.54, 1.807) is 31.4 Å². The molecule has 144 valence electrons. The van der Waals surface area contributed by atoms with Gasteiger partial charge in [-0.2, -0.15) is 0 Å². The molecule has 0 fully saturated rings. The molecule has 1 amide bonds. The van der Waals surface area contributed by atoms with Crippen LogP contribution in [0.4, 0.5) is 0 Å². The summed E-state index contributed by atoms with van der Waals surface area (Å²) in [6.07, 6.45) is 0.822. The molecule has 0 aliphatic rings. The SMILES string of the molecule is COc1ccc(OCC(=O)NCCC(c2ccccc2)c2ccccc2)cc1. The molecule has 0 bridgehead atoms. The van der Waals surface area contributed by atoms with E-state index < -0.39 is 0 Å². The zero-order valence-electron chi connectivity index (χ0n) is 16.0. The molecule has 0 heterocycles. The van der Waals surface area contributed by atoms with Gasteiger partial charge in [-0.05, 0) is 41.8 Å². The maximum atomic E-state index is 12.1. The van der Waals surface area contributed by atoms with Crippen molar-refractivity contribution in [1.29, 1.82) is 0 Å². The number of nitrogens with one attached hydrogen (secondary N) is 1. The minimum atomic E-state index is -0.129. The first-order valence-electron chi connectivity index (χ1n) is 9.39. The van der Waals surface area contributed by atoms with Crippen molar-refractivity contribution < 1.29 is 14.3 Å². The fourth-order valence-corrected chi connectivity index (χ4v) is 3.12. The van der Waals surface area contributed by atoms with E-state index in [9.17, 15) is 4.79 Å². The minimum Gasteiger partial charge on any atom is -0.497 e. The van der Waals surface area contributed by atoms with E-state index in [0.29, 0.717) is 12.3 Å². The molecular formula is C24H25NO3. The highest BCUT2D eigenvalue weighted by atomic mass is 16.5. The Kier molecular flexibility index (Phi) is 7.08. The molecule has 4 heteroatoms. The largest absolute Gasteiger partial charge is 0.497 e. The van der Waals surface area contributed by atoms with Crippen molar-refractivity contribution in [2.75, 3.05) is 20.3 Å². The van der Waals surface area contributed by atoms with Crippen LogP contribution >= 0.6 is 0 Å². The van der Waals surface area contributed by atoms with Crippen molar-refractivity contribution in [3.8, 4) is 11.5 Å². The van der Waals surface area contributed by atoms with Gasteiger partial charge in [0.25, 0.3) is 5.91 Å². The molecule has 0 saturated heterocycles. The lowest BCUT2D eigenvalue weighted by Crippen LogP contribution is -2.30. The van der Waals surface area contributed by atoms with Crippen LogP contribution in [0.5, 0.6) is 11.5 Å². The van der Waals surface area contributed by atoms with Crippen molar-refractivity contribution in [2.45, 2.75) is 12.3 Å². The normalized spacial score (nSPS) is 10.5. The Bertz CT molecular complexity index is 809. The molecule has 1 N–H and O–H groups in total. The Balaban J connectivity index is 1.51. The molecule has 0 aromatic heterocycles. The summed E-state index contributed by atoms with van der Waals surface area (Å²) in [7, 11) is 1.61. The first kappa shape index (κ1) is 19.5. The molecule has 0 aliphatic heterocycles. The van der Waals surface area contributed by atoms with Crippen molar-refractivity contribution >= 4 is 5.91 Å². The molecule has 0 unspecified atom stereocenters. The van der Waals surface area contributed by atoms with E-state index in [0.717, 1.165) is 12.2 Å². The second-order valence-electron chi connectivity index (χ2n) is 6.48. The summed E-state index contributed by atoms with van der Waals surface area (Å²) in [5.41, 5.74) is 2.50. The van der Waals surface area contributed by atoms with Crippen LogP contribution in [0.2, 0.25) is 0 Å². The van der Waals surface area contributed by atoms with Gasteiger partial charge in [0.15, 0.2) is 6.61 Å². The fourth-order valence-electron chi connectivity index (χ4n) is 3.12. The fraction of sp³-hybridized carbons (Fsp3) is 0.208. The highest BCUT2D eigenvalue weighted by molar-refractivity contribution is 5.77. The number of amides is 1. The zero-order chi connectivity index (χ0) is 19.6. The van der Waals surface area contributed by atoms with E-state index in [1.165, 1.54) is 11.1 Å². The highest BCUT2D eigenvalue weighted by Gasteiger charge is 2.14. The van der Waals surface area contributed by atoms with Gasteiger partial charge in [-0.25, -0.2) is 0 Å². The Morgan fingerprint density at radius 2 is 1.36 bits per heavy atom. The number of rotatable bonds is 9. The van der Waals surface area contributed by atoms with E-state index in [2.05, 4.69) is 29.6 Å². The summed E-state index contributed by atoms with van der Waals surface area (Å²) in [6, 6.07) is 27.9. The predicted molar refractivity (Wildman–Crippen MR) is 111 cm³/mol. The third kappa shape index (κ3) is 5.61. The maximum absolute atomic E-state index is 12.1. The Morgan fingerprint density at radius 1 is 0.821 bits per heavy atom. The Hall–Kier alpha value is -3.27. The molecule has 0 saturated carbocycles. The lowest BCUT2D eigenvalue weighted by Gasteiger charge is -2.18. The van der Waals surface area contributed by atoms with Crippen LogP contribution in [-0.2, 0) is 4.79 Å². The third-order valence-corrected chi connectivity index (χ3v) is 4.59. The van der Waals surface area contributed by atoms with Gasteiger partial charge >= 0.3 is 0 Å². The van der Waals surface area contributed by atoms with Gasteiger partial charge in [0.1, 0.15) is 11.5 Å². The van der Waals surface area contributed by atoms with Crippen LogP contribution in [0, 0.1) is 0 Å². The molecule has 28 heavy (non-hydrogen) atoms. The van der Waals surface area contributed by atoms with E-state index in [-0.39, 0.29) is 18.4 Å². The molecule has 0 aliphatic carbocycles. The van der Waals surface area contributed by atoms with Crippen LogP contribution < -0.4 is 14.8 Å². The van der Waals surface area contributed by atoms with Gasteiger partial charge in [-0.3, -0.25) is 4.79 Å². The molecular weight excluding hydrogens is 350 g/mol. The quantitative estimate of drug-likeness (QED) is 0.603. The van der Waals surface area contributed by atoms with E-state index in [1.807, 2.05) is 36.4 Å². The summed E-state index contributed by atoms with van der Waals surface area (Å²) >= 11 is 0. The summed E-state index contributed by atoms with van der Waals surface area (Å²) in [5.74, 6) is 1.51. The molecule has 4 nitrogen and oxygen atoms in total. The molecule has 0 atom stereocenters. The second kappa shape index (κ2) is 10.2. The summed E-state index contributed by atoms with van der Waals surface area (Å²) < 4.78 is 10.6. The Morgan fingerprint density at radius 3 is 1.89 bits per heavy atom. The maximum Gasteiger partial charge on any atom is 0.257 e. The van der Waals surface area contributed by atoms with Gasteiger partial charge in [-0.15, -0.1) is 0 Å². The molecule has 3 rings (SSSR count). The van der Waals surface area contributed by atoms with Crippen LogP contribution in [0.3, 0.4) is 0 Å². The number of carbonyl (C=O) groups excluding carboxylic acids is 1. The van der Waals surface area contributed by atoms with Gasteiger partial charge in [0.05, 0.1) is 7.11 Å². The van der Waals surface area contributed by atoms with Crippen molar-refractivity contribution in [1.82, 2.24) is 5.32 Å². The minimum absolute atomic E-state index is 0.00628. The van der Waals surface area contributed by atoms with Crippen molar-refractivity contribution in [3.05, 3.63) is 96.1 Å². The smallest absolute Gasteiger partial charge is 0.257 e. The number of methoxy groups -OCH3 is 1. The summed E-state index contributed by atoms with van der Waals surface area (Å²) in [5, 5.41) is 2.96. The third-order valence-electron chi connectivity index (χ3n) is 4.59. The Labute approximate surface area is 166 Å². The monoisotopic (exact) mass is 375 g/mol. The lowest BCUT2D eigenvalue weighted by atomic mass is 9.88. The lowest BCUT2D eigenvalue weighted by molar-refractivity contribution is -0.123. The molecule has 3 aromatic carbocycles. The van der Waals surface area contributed by atoms with Gasteiger partial charge < -0.3 is 14.8 Å². The number of hydrogen-bond acceptors (Lipinski definition) is 3. The summed E-state index contributed by atoms with van der Waals surface area (Å²) in [6.45, 7) is 0.576. The average Bonchev–Trinajstić information content (AvgIpc) is 2.77. The zero-order valence-corrected chi connectivity index (χ0v) is 16.0. The number of hydrogen-bond donors (Lipinski definition) is 1. The van der Waals surface area contributed by atoms with E-state index in [4.69, 9.17) is 9.47 Å². The first-order valence-corrected chi connectivity index (χ1v) is 9.39. The van der Waals surface area contributed by atoms with Crippen LogP contribution in [0.15, 0.2) is 84.9 Å².